The van der Waals surface area contributed by atoms with Gasteiger partial charge in [-0.2, -0.15) is 8.78 Å². The Morgan fingerprint density at radius 1 is 1.18 bits per heavy atom. The number of hydrogen-bond donors (Lipinski definition) is 2. The first-order chi connectivity index (χ1) is 15.7. The molecule has 1 aromatic heterocycles. The number of benzene rings is 1. The van der Waals surface area contributed by atoms with E-state index in [1.165, 1.54) is 6.07 Å². The topological polar surface area (TPSA) is 83.6 Å². The largest absolute Gasteiger partial charge is 0.415 e. The number of urea groups is 1. The van der Waals surface area contributed by atoms with Gasteiger partial charge in [-0.25, -0.2) is 9.78 Å². The van der Waals surface area contributed by atoms with Gasteiger partial charge in [0.25, 0.3) is 0 Å². The van der Waals surface area contributed by atoms with E-state index in [4.69, 9.17) is 0 Å². The number of alkyl halides is 2. The fraction of sp³-hybridized carbons (Fsp3) is 0.458. The number of rotatable bonds is 8. The summed E-state index contributed by atoms with van der Waals surface area (Å²) in [6.07, 6.45) is 1.74. The summed E-state index contributed by atoms with van der Waals surface area (Å²) in [5.41, 5.74) is 2.30. The van der Waals surface area contributed by atoms with Crippen molar-refractivity contribution in [3.8, 4) is 5.88 Å². The molecule has 0 spiro atoms. The van der Waals surface area contributed by atoms with Crippen LogP contribution in [0.25, 0.3) is 0 Å². The molecule has 0 bridgehead atoms. The van der Waals surface area contributed by atoms with E-state index in [0.29, 0.717) is 25.0 Å². The van der Waals surface area contributed by atoms with Gasteiger partial charge >= 0.3 is 12.6 Å². The Bertz CT molecular complexity index is 993. The lowest BCUT2D eigenvalue weighted by atomic mass is 9.76. The summed E-state index contributed by atoms with van der Waals surface area (Å²) in [7, 11) is 1.60. The smallest absolute Gasteiger partial charge is 0.388 e. The third-order valence-electron chi connectivity index (χ3n) is 5.81. The SMILES string of the molecule is CNC(=O)CC1CC(N(C(=O)Nc2ccc(C)nc2OC(F)F)c2ccccc2C(C)C)C1. The second kappa shape index (κ2) is 10.6. The molecule has 33 heavy (non-hydrogen) atoms. The molecule has 1 aliphatic rings. The zero-order valence-electron chi connectivity index (χ0n) is 19.3. The number of ether oxygens (including phenoxy) is 1. The maximum atomic E-state index is 13.5. The Labute approximate surface area is 192 Å². The summed E-state index contributed by atoms with van der Waals surface area (Å²) in [5, 5.41) is 5.34. The molecule has 0 saturated heterocycles. The summed E-state index contributed by atoms with van der Waals surface area (Å²) in [6.45, 7) is 2.67. The summed E-state index contributed by atoms with van der Waals surface area (Å²) >= 11 is 0. The van der Waals surface area contributed by atoms with E-state index >= 15 is 0 Å². The van der Waals surface area contributed by atoms with Gasteiger partial charge in [0.05, 0.1) is 0 Å². The minimum absolute atomic E-state index is 0.0310. The van der Waals surface area contributed by atoms with Crippen LogP contribution in [0, 0.1) is 12.8 Å². The maximum absolute atomic E-state index is 13.5. The normalized spacial score (nSPS) is 17.5. The zero-order valence-corrected chi connectivity index (χ0v) is 19.3. The number of nitrogens with one attached hydrogen (secondary N) is 2. The molecule has 3 amide bonds. The van der Waals surface area contributed by atoms with Gasteiger partial charge in [-0.1, -0.05) is 32.0 Å². The average molecular weight is 461 g/mol. The highest BCUT2D eigenvalue weighted by Gasteiger charge is 2.39. The van der Waals surface area contributed by atoms with E-state index in [2.05, 4.69) is 20.4 Å². The first-order valence-corrected chi connectivity index (χ1v) is 11.0. The van der Waals surface area contributed by atoms with Crippen LogP contribution >= 0.6 is 0 Å². The van der Waals surface area contributed by atoms with Gasteiger partial charge in [0.1, 0.15) is 5.69 Å². The van der Waals surface area contributed by atoms with E-state index in [0.717, 1.165) is 11.3 Å². The summed E-state index contributed by atoms with van der Waals surface area (Å²) in [6, 6.07) is 10.2. The first-order valence-electron chi connectivity index (χ1n) is 11.0. The number of nitrogens with zero attached hydrogens (tertiary/aromatic N) is 2. The average Bonchev–Trinajstić information content (AvgIpc) is 2.73. The Morgan fingerprint density at radius 2 is 1.88 bits per heavy atom. The van der Waals surface area contributed by atoms with Crippen molar-refractivity contribution in [1.29, 1.82) is 0 Å². The fourth-order valence-corrected chi connectivity index (χ4v) is 4.09. The van der Waals surface area contributed by atoms with Gasteiger partial charge in [-0.05, 0) is 55.4 Å². The lowest BCUT2D eigenvalue weighted by Crippen LogP contribution is -2.51. The highest BCUT2D eigenvalue weighted by Crippen LogP contribution is 2.39. The Morgan fingerprint density at radius 3 is 2.52 bits per heavy atom. The van der Waals surface area contributed by atoms with Crippen LogP contribution in [0.4, 0.5) is 25.0 Å². The maximum Gasteiger partial charge on any atom is 0.388 e. The molecule has 1 aromatic carbocycles. The molecule has 0 atom stereocenters. The van der Waals surface area contributed by atoms with Gasteiger partial charge in [0.15, 0.2) is 0 Å². The first kappa shape index (κ1) is 24.4. The number of carbonyl (C=O) groups is 2. The van der Waals surface area contributed by atoms with E-state index in [9.17, 15) is 18.4 Å². The molecule has 0 unspecified atom stereocenters. The van der Waals surface area contributed by atoms with Crippen molar-refractivity contribution in [3.05, 3.63) is 47.7 Å². The van der Waals surface area contributed by atoms with Gasteiger partial charge in [0.2, 0.25) is 11.8 Å². The minimum Gasteiger partial charge on any atom is -0.415 e. The summed E-state index contributed by atoms with van der Waals surface area (Å²) in [4.78, 5) is 30.9. The Hall–Kier alpha value is -3.23. The third kappa shape index (κ3) is 5.97. The second-order valence-electron chi connectivity index (χ2n) is 8.57. The number of aromatic nitrogens is 1. The van der Waals surface area contributed by atoms with Crippen LogP contribution in [0.15, 0.2) is 36.4 Å². The Kier molecular flexibility index (Phi) is 7.84. The van der Waals surface area contributed by atoms with E-state index < -0.39 is 12.6 Å². The van der Waals surface area contributed by atoms with Crippen LogP contribution in [0.3, 0.4) is 0 Å². The van der Waals surface area contributed by atoms with Crippen molar-refractivity contribution in [2.45, 2.75) is 58.6 Å². The third-order valence-corrected chi connectivity index (χ3v) is 5.81. The number of halogens is 2. The van der Waals surface area contributed by atoms with Crippen molar-refractivity contribution in [2.24, 2.45) is 5.92 Å². The zero-order chi connectivity index (χ0) is 24.1. The molecule has 0 radical (unpaired) electrons. The minimum atomic E-state index is -3.06. The molecule has 7 nitrogen and oxygen atoms in total. The van der Waals surface area contributed by atoms with E-state index in [1.54, 1.807) is 24.9 Å². The molecule has 9 heteroatoms. The van der Waals surface area contributed by atoms with Crippen molar-refractivity contribution in [3.63, 3.8) is 0 Å². The lowest BCUT2D eigenvalue weighted by Gasteiger charge is -2.43. The molecule has 1 saturated carbocycles. The van der Waals surface area contributed by atoms with Crippen LogP contribution < -0.4 is 20.3 Å². The standard InChI is InChI=1S/C24H30F2N4O3/c1-14(2)18-7-5-6-8-20(18)30(17-11-16(12-17)13-21(31)27-4)24(32)29-19-10-9-15(3)28-22(19)33-23(25)26/h5-10,14,16-17,23H,11-13H2,1-4H3,(H,27,31)(H,29,32). The van der Waals surface area contributed by atoms with Gasteiger partial charge < -0.3 is 15.4 Å². The lowest BCUT2D eigenvalue weighted by molar-refractivity contribution is -0.122. The van der Waals surface area contributed by atoms with Crippen molar-refractivity contribution in [1.82, 2.24) is 10.3 Å². The number of hydrogen-bond acceptors (Lipinski definition) is 4. The molecule has 3 rings (SSSR count). The highest BCUT2D eigenvalue weighted by atomic mass is 19.3. The number of carbonyl (C=O) groups excluding carboxylic acids is 2. The van der Waals surface area contributed by atoms with Crippen molar-refractivity contribution >= 4 is 23.3 Å². The van der Waals surface area contributed by atoms with Crippen molar-refractivity contribution < 1.29 is 23.1 Å². The van der Waals surface area contributed by atoms with Crippen LogP contribution in [-0.2, 0) is 4.79 Å². The fourth-order valence-electron chi connectivity index (χ4n) is 4.09. The number of pyridine rings is 1. The molecule has 2 N–H and O–H groups in total. The van der Waals surface area contributed by atoms with Gasteiger partial charge in [-0.3, -0.25) is 9.69 Å². The monoisotopic (exact) mass is 460 g/mol. The predicted molar refractivity (Wildman–Crippen MR) is 123 cm³/mol. The van der Waals surface area contributed by atoms with E-state index in [1.807, 2.05) is 38.1 Å². The van der Waals surface area contributed by atoms with Crippen LogP contribution in [0.5, 0.6) is 5.88 Å². The molecule has 178 valence electrons. The van der Waals surface area contributed by atoms with E-state index in [-0.39, 0.29) is 35.4 Å². The molecular formula is C24H30F2N4O3. The van der Waals surface area contributed by atoms with Gasteiger partial charge in [-0.15, -0.1) is 0 Å². The number of aryl methyl sites for hydroxylation is 1. The number of amides is 3. The highest BCUT2D eigenvalue weighted by molar-refractivity contribution is 6.03. The molecule has 2 aromatic rings. The van der Waals surface area contributed by atoms with Crippen molar-refractivity contribution in [2.75, 3.05) is 17.3 Å². The molecule has 0 aliphatic heterocycles. The van der Waals surface area contributed by atoms with Crippen LogP contribution in [0.2, 0.25) is 0 Å². The predicted octanol–water partition coefficient (Wildman–Crippen LogP) is 5.07. The number of anilines is 2. The quantitative estimate of drug-likeness (QED) is 0.576. The van der Waals surface area contributed by atoms with Gasteiger partial charge in [0, 0.05) is 30.9 Å². The molecule has 1 aliphatic carbocycles. The Balaban J connectivity index is 1.89. The molecule has 1 fully saturated rings. The molecular weight excluding hydrogens is 430 g/mol. The van der Waals surface area contributed by atoms with Crippen LogP contribution in [0.1, 0.15) is 50.3 Å². The second-order valence-corrected chi connectivity index (χ2v) is 8.57. The summed E-state index contributed by atoms with van der Waals surface area (Å²) < 4.78 is 30.3. The summed E-state index contributed by atoms with van der Waals surface area (Å²) in [5.74, 6) is -0.0228. The van der Waals surface area contributed by atoms with Crippen LogP contribution in [-0.4, -0.2) is 36.6 Å². The molecule has 1 heterocycles. The number of para-hydroxylation sites is 1.